The summed E-state index contributed by atoms with van der Waals surface area (Å²) in [5.41, 5.74) is 5.79. The van der Waals surface area contributed by atoms with E-state index in [0.29, 0.717) is 12.0 Å². The van der Waals surface area contributed by atoms with Crippen molar-refractivity contribution in [2.75, 3.05) is 13.1 Å². The summed E-state index contributed by atoms with van der Waals surface area (Å²) in [4.78, 5) is 23.5. The number of rotatable bonds is 6. The van der Waals surface area contributed by atoms with Crippen LogP contribution in [0.2, 0.25) is 0 Å². The van der Waals surface area contributed by atoms with Crippen molar-refractivity contribution < 1.29 is 22.8 Å². The number of carbonyl (C=O) groups is 2. The van der Waals surface area contributed by atoms with Gasteiger partial charge >= 0.3 is 12.2 Å². The van der Waals surface area contributed by atoms with Crippen LogP contribution in [0.3, 0.4) is 0 Å². The topological polar surface area (TPSA) is 75.4 Å². The predicted octanol–water partition coefficient (Wildman–Crippen LogP) is 2.27. The fraction of sp³-hybridized carbons (Fsp3) is 0.429. The molecule has 8 heteroatoms. The van der Waals surface area contributed by atoms with Crippen molar-refractivity contribution >= 4 is 11.9 Å². The highest BCUT2D eigenvalue weighted by Gasteiger charge is 2.32. The van der Waals surface area contributed by atoms with Crippen molar-refractivity contribution in [2.45, 2.75) is 26.1 Å². The first-order valence-corrected chi connectivity index (χ1v) is 6.71. The monoisotopic (exact) mass is 317 g/mol. The molecule has 0 atom stereocenters. The number of hydrogen-bond donors (Lipinski definition) is 2. The fourth-order valence-corrected chi connectivity index (χ4v) is 1.88. The van der Waals surface area contributed by atoms with Gasteiger partial charge in [-0.2, -0.15) is 13.2 Å². The van der Waals surface area contributed by atoms with E-state index in [2.05, 4.69) is 5.32 Å². The highest BCUT2D eigenvalue weighted by Crippen LogP contribution is 2.18. The molecule has 0 saturated heterocycles. The van der Waals surface area contributed by atoms with Gasteiger partial charge in [-0.3, -0.25) is 4.79 Å². The molecule has 0 heterocycles. The Morgan fingerprint density at radius 1 is 1.23 bits per heavy atom. The van der Waals surface area contributed by atoms with E-state index in [1.807, 2.05) is 0 Å². The van der Waals surface area contributed by atoms with Gasteiger partial charge in [0.05, 0.1) is 0 Å². The van der Waals surface area contributed by atoms with Crippen molar-refractivity contribution in [3.63, 3.8) is 0 Å². The molecule has 0 aliphatic heterocycles. The number of nitrogens with two attached hydrogens (primary N) is 1. The Hall–Kier alpha value is -2.25. The number of nitrogens with one attached hydrogen (secondary N) is 1. The van der Waals surface area contributed by atoms with Gasteiger partial charge in [-0.1, -0.05) is 19.1 Å². The average molecular weight is 317 g/mol. The molecular formula is C14H18F3N3O2. The maximum absolute atomic E-state index is 12.5. The van der Waals surface area contributed by atoms with Gasteiger partial charge in [0.15, 0.2) is 0 Å². The number of urea groups is 1. The van der Waals surface area contributed by atoms with Gasteiger partial charge in [0.25, 0.3) is 5.91 Å². The van der Waals surface area contributed by atoms with E-state index in [-0.39, 0.29) is 18.7 Å². The minimum absolute atomic E-state index is 0.0311. The molecule has 3 N–H and O–H groups in total. The Morgan fingerprint density at radius 2 is 1.82 bits per heavy atom. The minimum atomic E-state index is -4.43. The number of hydrogen-bond acceptors (Lipinski definition) is 2. The number of amides is 3. The lowest BCUT2D eigenvalue weighted by atomic mass is 10.1. The van der Waals surface area contributed by atoms with Gasteiger partial charge in [-0.25, -0.2) is 4.79 Å². The molecule has 0 bridgehead atoms. The Kier molecular flexibility index (Phi) is 6.21. The Balaban J connectivity index is 2.79. The Labute approximate surface area is 126 Å². The maximum Gasteiger partial charge on any atom is 0.406 e. The molecule has 0 aliphatic rings. The van der Waals surface area contributed by atoms with Crippen LogP contribution >= 0.6 is 0 Å². The molecule has 0 radical (unpaired) electrons. The lowest BCUT2D eigenvalue weighted by Crippen LogP contribution is -2.39. The normalized spacial score (nSPS) is 11.1. The van der Waals surface area contributed by atoms with Crippen LogP contribution < -0.4 is 11.1 Å². The number of carbonyl (C=O) groups excluding carboxylic acids is 2. The van der Waals surface area contributed by atoms with E-state index in [9.17, 15) is 22.8 Å². The van der Waals surface area contributed by atoms with E-state index in [1.54, 1.807) is 19.1 Å². The molecule has 0 saturated carbocycles. The summed E-state index contributed by atoms with van der Waals surface area (Å²) < 4.78 is 37.5. The third kappa shape index (κ3) is 6.02. The summed E-state index contributed by atoms with van der Waals surface area (Å²) in [6, 6.07) is 5.29. The molecule has 0 aromatic heterocycles. The number of nitrogens with zero attached hydrogens (tertiary/aromatic N) is 1. The van der Waals surface area contributed by atoms with E-state index in [1.165, 1.54) is 12.1 Å². The zero-order valence-electron chi connectivity index (χ0n) is 12.1. The molecule has 0 fully saturated rings. The largest absolute Gasteiger partial charge is 0.406 e. The van der Waals surface area contributed by atoms with Crippen molar-refractivity contribution in [2.24, 2.45) is 5.73 Å². The number of benzene rings is 1. The summed E-state index contributed by atoms with van der Waals surface area (Å²) in [5, 5.41) is 2.38. The van der Waals surface area contributed by atoms with Crippen molar-refractivity contribution in [3.05, 3.63) is 35.4 Å². The van der Waals surface area contributed by atoms with Crippen LogP contribution in [0.4, 0.5) is 18.0 Å². The fourth-order valence-electron chi connectivity index (χ4n) is 1.88. The van der Waals surface area contributed by atoms with Gasteiger partial charge in [0.1, 0.15) is 6.54 Å². The molecule has 0 unspecified atom stereocenters. The summed E-state index contributed by atoms with van der Waals surface area (Å²) in [6.07, 6.45) is -4.00. The third-order valence-corrected chi connectivity index (χ3v) is 2.82. The molecule has 1 aromatic rings. The first-order chi connectivity index (χ1) is 10.2. The van der Waals surface area contributed by atoms with Crippen LogP contribution in [0.5, 0.6) is 0 Å². The van der Waals surface area contributed by atoms with E-state index < -0.39 is 24.7 Å². The summed E-state index contributed by atoms with van der Waals surface area (Å²) in [5.74, 6) is -0.673. The standard InChI is InChI=1S/C14H18F3N3O2/c1-2-7-20(9-14(15,16)17)12(21)11-5-3-10(4-6-11)8-19-13(18)22/h3-6H,2,7-9H2,1H3,(H3,18,19,22). The highest BCUT2D eigenvalue weighted by atomic mass is 19.4. The zero-order chi connectivity index (χ0) is 16.8. The Morgan fingerprint density at radius 3 is 2.27 bits per heavy atom. The molecule has 0 spiro atoms. The van der Waals surface area contributed by atoms with Gasteiger partial charge in [-0.15, -0.1) is 0 Å². The number of halogens is 3. The third-order valence-electron chi connectivity index (χ3n) is 2.82. The Bertz CT molecular complexity index is 515. The molecule has 5 nitrogen and oxygen atoms in total. The molecule has 1 rings (SSSR count). The zero-order valence-corrected chi connectivity index (χ0v) is 12.1. The molecule has 3 amide bonds. The number of alkyl halides is 3. The second-order valence-electron chi connectivity index (χ2n) is 4.76. The summed E-state index contributed by atoms with van der Waals surface area (Å²) in [7, 11) is 0. The van der Waals surface area contributed by atoms with Crippen molar-refractivity contribution in [3.8, 4) is 0 Å². The quantitative estimate of drug-likeness (QED) is 0.844. The van der Waals surface area contributed by atoms with Crippen LogP contribution in [0.1, 0.15) is 29.3 Å². The van der Waals surface area contributed by atoms with Crippen molar-refractivity contribution in [1.82, 2.24) is 10.2 Å². The van der Waals surface area contributed by atoms with Crippen LogP contribution in [-0.2, 0) is 6.54 Å². The van der Waals surface area contributed by atoms with Crippen LogP contribution in [0.25, 0.3) is 0 Å². The van der Waals surface area contributed by atoms with Crippen LogP contribution in [0.15, 0.2) is 24.3 Å². The van der Waals surface area contributed by atoms with Gasteiger partial charge < -0.3 is 16.0 Å². The smallest absolute Gasteiger partial charge is 0.352 e. The van der Waals surface area contributed by atoms with E-state index in [4.69, 9.17) is 5.73 Å². The van der Waals surface area contributed by atoms with Crippen LogP contribution in [-0.4, -0.2) is 36.1 Å². The molecule has 122 valence electrons. The lowest BCUT2D eigenvalue weighted by Gasteiger charge is -2.23. The van der Waals surface area contributed by atoms with Crippen molar-refractivity contribution in [1.29, 1.82) is 0 Å². The van der Waals surface area contributed by atoms with Gasteiger partial charge in [0.2, 0.25) is 0 Å². The molecule has 22 heavy (non-hydrogen) atoms. The molecular weight excluding hydrogens is 299 g/mol. The predicted molar refractivity (Wildman–Crippen MR) is 75.1 cm³/mol. The summed E-state index contributed by atoms with van der Waals surface area (Å²) >= 11 is 0. The first kappa shape index (κ1) is 17.8. The van der Waals surface area contributed by atoms with E-state index in [0.717, 1.165) is 4.90 Å². The SMILES string of the molecule is CCCN(CC(F)(F)F)C(=O)c1ccc(CNC(N)=O)cc1. The first-order valence-electron chi connectivity index (χ1n) is 6.71. The second kappa shape index (κ2) is 7.67. The summed E-state index contributed by atoms with van der Waals surface area (Å²) in [6.45, 7) is 0.647. The molecule has 0 aliphatic carbocycles. The lowest BCUT2D eigenvalue weighted by molar-refractivity contribution is -0.140. The number of primary amides is 1. The van der Waals surface area contributed by atoms with Crippen LogP contribution in [0, 0.1) is 0 Å². The minimum Gasteiger partial charge on any atom is -0.352 e. The maximum atomic E-state index is 12.5. The average Bonchev–Trinajstić information content (AvgIpc) is 2.43. The van der Waals surface area contributed by atoms with E-state index >= 15 is 0 Å². The van der Waals surface area contributed by atoms with Gasteiger partial charge in [0, 0.05) is 18.7 Å². The molecule has 1 aromatic carbocycles. The second-order valence-corrected chi connectivity index (χ2v) is 4.76. The highest BCUT2D eigenvalue weighted by molar-refractivity contribution is 5.94. The van der Waals surface area contributed by atoms with Gasteiger partial charge in [-0.05, 0) is 24.1 Å².